The maximum absolute atomic E-state index is 6.66. The van der Waals surface area contributed by atoms with Gasteiger partial charge in [-0.1, -0.05) is 182 Å². The Morgan fingerprint density at radius 2 is 0.889 bits per heavy atom. The lowest BCUT2D eigenvalue weighted by Gasteiger charge is -2.31. The van der Waals surface area contributed by atoms with Gasteiger partial charge in [-0.05, 0) is 68.9 Å². The van der Waals surface area contributed by atoms with Crippen molar-refractivity contribution in [3.63, 3.8) is 0 Å². The normalized spacial score (nSPS) is 11.3. The van der Waals surface area contributed by atoms with Gasteiger partial charge in [-0.3, -0.25) is 0 Å². The van der Waals surface area contributed by atoms with E-state index in [4.69, 9.17) is 4.42 Å². The summed E-state index contributed by atoms with van der Waals surface area (Å²) in [6.07, 6.45) is 0. The zero-order valence-electron chi connectivity index (χ0n) is 29.6. The van der Waals surface area contributed by atoms with Crippen molar-refractivity contribution >= 4 is 49.8 Å². The van der Waals surface area contributed by atoms with E-state index in [1.807, 2.05) is 6.07 Å². The van der Waals surface area contributed by atoms with Crippen molar-refractivity contribution in [2.45, 2.75) is 0 Å². The fourth-order valence-corrected chi connectivity index (χ4v) is 8.02. The number of furan rings is 1. The highest BCUT2D eigenvalue weighted by Gasteiger charge is 2.25. The molecule has 0 atom stereocenters. The Morgan fingerprint density at radius 3 is 1.70 bits per heavy atom. The molecule has 254 valence electrons. The minimum atomic E-state index is 0.886. The van der Waals surface area contributed by atoms with Gasteiger partial charge in [0.2, 0.25) is 0 Å². The first-order chi connectivity index (χ1) is 26.8. The summed E-state index contributed by atoms with van der Waals surface area (Å²) < 4.78 is 6.66. The second kappa shape index (κ2) is 13.4. The van der Waals surface area contributed by atoms with E-state index in [-0.39, 0.29) is 0 Å². The highest BCUT2D eigenvalue weighted by molar-refractivity contribution is 6.11. The average Bonchev–Trinajstić information content (AvgIpc) is 3.64. The lowest BCUT2D eigenvalue weighted by Crippen LogP contribution is -2.13. The first-order valence-electron chi connectivity index (χ1n) is 18.4. The molecule has 0 amide bonds. The predicted molar refractivity (Wildman–Crippen MR) is 228 cm³/mol. The van der Waals surface area contributed by atoms with Gasteiger partial charge in [0.15, 0.2) is 0 Å². The quantitative estimate of drug-likeness (QED) is 0.166. The van der Waals surface area contributed by atoms with Crippen LogP contribution in [0.3, 0.4) is 0 Å². The molecule has 10 aromatic rings. The van der Waals surface area contributed by atoms with E-state index in [9.17, 15) is 0 Å². The van der Waals surface area contributed by atoms with Crippen molar-refractivity contribution in [3.8, 4) is 44.5 Å². The van der Waals surface area contributed by atoms with Crippen LogP contribution in [0.2, 0.25) is 0 Å². The molecule has 0 unspecified atom stereocenters. The van der Waals surface area contributed by atoms with Crippen LogP contribution in [0.4, 0.5) is 17.1 Å². The number of fused-ring (bicyclic) bond motifs is 4. The Labute approximate surface area is 314 Å². The van der Waals surface area contributed by atoms with Crippen molar-refractivity contribution in [1.82, 2.24) is 0 Å². The molecule has 0 radical (unpaired) electrons. The van der Waals surface area contributed by atoms with Crippen LogP contribution in [0.15, 0.2) is 217 Å². The van der Waals surface area contributed by atoms with E-state index in [0.29, 0.717) is 0 Å². The van der Waals surface area contributed by atoms with Gasteiger partial charge in [-0.2, -0.15) is 0 Å². The molecule has 0 fully saturated rings. The van der Waals surface area contributed by atoms with Crippen LogP contribution in [-0.4, -0.2) is 0 Å². The van der Waals surface area contributed by atoms with Crippen molar-refractivity contribution < 1.29 is 4.42 Å². The number of nitrogens with zero attached hydrogens (tertiary/aromatic N) is 1. The standard InChI is InChI=1S/C52H35NO/c1-3-18-37(19-4-1)41-23-9-10-26-45(41)51-42(38-20-5-2-6-21-38)27-16-31-49(51)53(40-34-33-36-17-7-8-22-39(36)35-40)48-30-13-11-24-43(48)46-28-15-29-47-44-25-12-14-32-50(44)54-52(46)47/h1-35H. The molecule has 1 aromatic heterocycles. The Balaban J connectivity index is 1.31. The molecule has 0 aliphatic rings. The topological polar surface area (TPSA) is 16.4 Å². The number of anilines is 3. The first kappa shape index (κ1) is 31.6. The van der Waals surface area contributed by atoms with E-state index in [2.05, 4.69) is 211 Å². The monoisotopic (exact) mass is 689 g/mol. The summed E-state index contributed by atoms with van der Waals surface area (Å²) in [6, 6.07) is 76.0. The van der Waals surface area contributed by atoms with Gasteiger partial charge < -0.3 is 9.32 Å². The zero-order chi connectivity index (χ0) is 35.8. The Morgan fingerprint density at radius 1 is 0.333 bits per heavy atom. The molecular weight excluding hydrogens is 655 g/mol. The summed E-state index contributed by atoms with van der Waals surface area (Å²) in [6.45, 7) is 0. The summed E-state index contributed by atoms with van der Waals surface area (Å²) in [7, 11) is 0. The van der Waals surface area contributed by atoms with Crippen molar-refractivity contribution in [3.05, 3.63) is 212 Å². The molecule has 0 spiro atoms. The van der Waals surface area contributed by atoms with Gasteiger partial charge in [0, 0.05) is 33.2 Å². The highest BCUT2D eigenvalue weighted by Crippen LogP contribution is 2.50. The second-order valence-electron chi connectivity index (χ2n) is 13.6. The molecule has 0 aliphatic carbocycles. The van der Waals surface area contributed by atoms with E-state index in [1.165, 1.54) is 33.0 Å². The highest BCUT2D eigenvalue weighted by atomic mass is 16.3. The van der Waals surface area contributed by atoms with Crippen molar-refractivity contribution in [1.29, 1.82) is 0 Å². The molecule has 10 rings (SSSR count). The molecule has 0 saturated heterocycles. The summed E-state index contributed by atoms with van der Waals surface area (Å²) >= 11 is 0. The Bertz CT molecular complexity index is 2940. The largest absolute Gasteiger partial charge is 0.455 e. The smallest absolute Gasteiger partial charge is 0.143 e. The van der Waals surface area contributed by atoms with E-state index >= 15 is 0 Å². The van der Waals surface area contributed by atoms with E-state index in [0.717, 1.165) is 61.3 Å². The molecule has 1 heterocycles. The minimum absolute atomic E-state index is 0.886. The van der Waals surface area contributed by atoms with Crippen LogP contribution < -0.4 is 4.90 Å². The molecule has 0 aliphatic heterocycles. The third-order valence-corrected chi connectivity index (χ3v) is 10.5. The summed E-state index contributed by atoms with van der Waals surface area (Å²) in [5.74, 6) is 0. The first-order valence-corrected chi connectivity index (χ1v) is 18.4. The fraction of sp³-hybridized carbons (Fsp3) is 0. The van der Waals surface area contributed by atoms with Gasteiger partial charge >= 0.3 is 0 Å². The van der Waals surface area contributed by atoms with Crippen LogP contribution in [0.1, 0.15) is 0 Å². The molecule has 0 N–H and O–H groups in total. The van der Waals surface area contributed by atoms with Gasteiger partial charge in [-0.25, -0.2) is 0 Å². The van der Waals surface area contributed by atoms with Crippen LogP contribution in [-0.2, 0) is 0 Å². The van der Waals surface area contributed by atoms with Gasteiger partial charge in [-0.15, -0.1) is 0 Å². The number of benzene rings is 9. The number of hydrogen-bond acceptors (Lipinski definition) is 2. The molecule has 9 aromatic carbocycles. The SMILES string of the molecule is c1ccc(-c2ccccc2-c2c(-c3ccccc3)cccc2N(c2ccc3ccccc3c2)c2ccccc2-c2cccc3c2oc2ccccc23)cc1. The second-order valence-corrected chi connectivity index (χ2v) is 13.6. The molecular formula is C52H35NO. The number of hydrogen-bond donors (Lipinski definition) is 0. The maximum Gasteiger partial charge on any atom is 0.143 e. The fourth-order valence-electron chi connectivity index (χ4n) is 8.02. The van der Waals surface area contributed by atoms with Crippen LogP contribution in [0.5, 0.6) is 0 Å². The maximum atomic E-state index is 6.66. The zero-order valence-corrected chi connectivity index (χ0v) is 29.6. The van der Waals surface area contributed by atoms with Gasteiger partial charge in [0.25, 0.3) is 0 Å². The van der Waals surface area contributed by atoms with Gasteiger partial charge in [0.1, 0.15) is 11.2 Å². The predicted octanol–water partition coefficient (Wildman–Crippen LogP) is 14.9. The number of rotatable bonds is 7. The van der Waals surface area contributed by atoms with E-state index < -0.39 is 0 Å². The van der Waals surface area contributed by atoms with Gasteiger partial charge in [0.05, 0.1) is 11.4 Å². The Kier molecular flexibility index (Phi) is 7.85. The molecule has 0 bridgehead atoms. The Hall–Kier alpha value is -7.16. The number of para-hydroxylation sites is 3. The summed E-state index contributed by atoms with van der Waals surface area (Å²) in [5.41, 5.74) is 14.1. The molecule has 54 heavy (non-hydrogen) atoms. The van der Waals surface area contributed by atoms with E-state index in [1.54, 1.807) is 0 Å². The summed E-state index contributed by atoms with van der Waals surface area (Å²) in [5, 5.41) is 4.61. The van der Waals surface area contributed by atoms with Crippen molar-refractivity contribution in [2.75, 3.05) is 4.90 Å². The average molecular weight is 690 g/mol. The summed E-state index contributed by atoms with van der Waals surface area (Å²) in [4.78, 5) is 2.45. The third kappa shape index (κ3) is 5.44. The van der Waals surface area contributed by atoms with Crippen LogP contribution in [0.25, 0.3) is 77.2 Å². The lowest BCUT2D eigenvalue weighted by molar-refractivity contribution is 0.670. The minimum Gasteiger partial charge on any atom is -0.455 e. The van der Waals surface area contributed by atoms with Crippen LogP contribution in [0, 0.1) is 0 Å². The molecule has 2 heteroatoms. The lowest BCUT2D eigenvalue weighted by atomic mass is 9.87. The molecule has 0 saturated carbocycles. The molecule has 2 nitrogen and oxygen atoms in total. The van der Waals surface area contributed by atoms with Crippen molar-refractivity contribution in [2.24, 2.45) is 0 Å². The van der Waals surface area contributed by atoms with Crippen LogP contribution >= 0.6 is 0 Å². The third-order valence-electron chi connectivity index (χ3n) is 10.5.